The lowest BCUT2D eigenvalue weighted by Crippen LogP contribution is -3.15. The Morgan fingerprint density at radius 1 is 1.00 bits per heavy atom. The van der Waals surface area contributed by atoms with Gasteiger partial charge in [0.15, 0.2) is 0 Å². The van der Waals surface area contributed by atoms with E-state index in [1.54, 1.807) is 16.9 Å². The first-order valence-corrected chi connectivity index (χ1v) is 7.97. The standard InChI is InChI=1S/C18H24N2O/c1-19-10-5-11-20(13-12-19)14-17-16-7-4-3-6-15(16)8-9-18(17)21-2/h3-4,6-9H,5,10-14H2,1-2H3/p+2. The predicted molar refractivity (Wildman–Crippen MR) is 86.1 cm³/mol. The molecule has 2 atom stereocenters. The Kier molecular flexibility index (Phi) is 4.42. The van der Waals surface area contributed by atoms with Gasteiger partial charge in [-0.2, -0.15) is 0 Å². The summed E-state index contributed by atoms with van der Waals surface area (Å²) in [5.74, 6) is 1.03. The van der Waals surface area contributed by atoms with E-state index in [4.69, 9.17) is 4.74 Å². The lowest BCUT2D eigenvalue weighted by atomic mass is 10.0. The van der Waals surface area contributed by atoms with E-state index in [0.717, 1.165) is 12.3 Å². The molecule has 3 rings (SSSR count). The van der Waals surface area contributed by atoms with Crippen molar-refractivity contribution in [2.45, 2.75) is 13.0 Å². The molecule has 0 radical (unpaired) electrons. The van der Waals surface area contributed by atoms with Crippen LogP contribution in [0.15, 0.2) is 36.4 Å². The van der Waals surface area contributed by atoms with E-state index in [-0.39, 0.29) is 0 Å². The van der Waals surface area contributed by atoms with E-state index in [1.165, 1.54) is 48.9 Å². The zero-order chi connectivity index (χ0) is 14.7. The Morgan fingerprint density at radius 3 is 2.71 bits per heavy atom. The summed E-state index contributed by atoms with van der Waals surface area (Å²) in [6, 6.07) is 12.9. The molecule has 2 aromatic rings. The molecule has 1 heterocycles. The third-order valence-electron chi connectivity index (χ3n) is 4.68. The Bertz CT molecular complexity index is 611. The molecule has 3 heteroatoms. The largest absolute Gasteiger partial charge is 0.496 e. The number of hydrogen-bond donors (Lipinski definition) is 2. The lowest BCUT2D eigenvalue weighted by Gasteiger charge is -2.19. The van der Waals surface area contributed by atoms with Crippen LogP contribution in [0.3, 0.4) is 0 Å². The van der Waals surface area contributed by atoms with Crippen molar-refractivity contribution in [2.24, 2.45) is 0 Å². The fraction of sp³-hybridized carbons (Fsp3) is 0.444. The number of benzene rings is 2. The minimum Gasteiger partial charge on any atom is -0.496 e. The van der Waals surface area contributed by atoms with Crippen LogP contribution in [0.5, 0.6) is 5.75 Å². The van der Waals surface area contributed by atoms with E-state index < -0.39 is 0 Å². The van der Waals surface area contributed by atoms with E-state index in [0.29, 0.717) is 0 Å². The summed E-state index contributed by atoms with van der Waals surface area (Å²) in [5.41, 5.74) is 1.37. The first-order chi connectivity index (χ1) is 10.3. The maximum absolute atomic E-state index is 5.63. The van der Waals surface area contributed by atoms with Crippen molar-refractivity contribution < 1.29 is 14.5 Å². The third-order valence-corrected chi connectivity index (χ3v) is 4.68. The normalized spacial score (nSPS) is 23.0. The van der Waals surface area contributed by atoms with E-state index in [1.807, 2.05) is 0 Å². The molecule has 3 nitrogen and oxygen atoms in total. The van der Waals surface area contributed by atoms with Gasteiger partial charge in [0.1, 0.15) is 25.4 Å². The number of quaternary nitrogens is 2. The van der Waals surface area contributed by atoms with Gasteiger partial charge in [-0.1, -0.05) is 30.3 Å². The zero-order valence-electron chi connectivity index (χ0n) is 13.1. The monoisotopic (exact) mass is 286 g/mol. The number of methoxy groups -OCH3 is 1. The molecule has 1 fully saturated rings. The van der Waals surface area contributed by atoms with E-state index in [9.17, 15) is 0 Å². The highest BCUT2D eigenvalue weighted by molar-refractivity contribution is 5.87. The summed E-state index contributed by atoms with van der Waals surface area (Å²) in [6.45, 7) is 6.15. The van der Waals surface area contributed by atoms with Gasteiger partial charge < -0.3 is 14.5 Å². The maximum Gasteiger partial charge on any atom is 0.128 e. The van der Waals surface area contributed by atoms with Crippen molar-refractivity contribution in [3.63, 3.8) is 0 Å². The van der Waals surface area contributed by atoms with E-state index in [2.05, 4.69) is 43.4 Å². The van der Waals surface area contributed by atoms with Gasteiger partial charge in [0.05, 0.1) is 32.8 Å². The Balaban J connectivity index is 1.91. The van der Waals surface area contributed by atoms with Crippen LogP contribution in [0.4, 0.5) is 0 Å². The highest BCUT2D eigenvalue weighted by Crippen LogP contribution is 2.27. The van der Waals surface area contributed by atoms with Gasteiger partial charge >= 0.3 is 0 Å². The van der Waals surface area contributed by atoms with Gasteiger partial charge in [0.25, 0.3) is 0 Å². The van der Waals surface area contributed by atoms with Crippen LogP contribution >= 0.6 is 0 Å². The topological polar surface area (TPSA) is 18.1 Å². The third kappa shape index (κ3) is 3.20. The van der Waals surface area contributed by atoms with Crippen molar-refractivity contribution >= 4 is 10.8 Å². The van der Waals surface area contributed by atoms with Crippen molar-refractivity contribution in [3.8, 4) is 5.75 Å². The second kappa shape index (κ2) is 6.46. The molecule has 0 spiro atoms. The van der Waals surface area contributed by atoms with Crippen LogP contribution < -0.4 is 14.5 Å². The summed E-state index contributed by atoms with van der Waals surface area (Å²) in [4.78, 5) is 3.34. The minimum absolute atomic E-state index is 1.03. The number of likely N-dealkylation sites (N-methyl/N-ethyl adjacent to an activating group) is 1. The SMILES string of the molecule is COc1ccc2ccccc2c1C[NH+]1CCC[NH+](C)CC1. The highest BCUT2D eigenvalue weighted by Gasteiger charge is 2.20. The Hall–Kier alpha value is -1.58. The number of fused-ring (bicyclic) bond motifs is 1. The lowest BCUT2D eigenvalue weighted by molar-refractivity contribution is -0.938. The Labute approximate surface area is 127 Å². The molecule has 1 aliphatic heterocycles. The average Bonchev–Trinajstić information content (AvgIpc) is 2.72. The van der Waals surface area contributed by atoms with Gasteiger partial charge in [0, 0.05) is 6.42 Å². The fourth-order valence-corrected chi connectivity index (χ4v) is 3.40. The summed E-state index contributed by atoms with van der Waals surface area (Å²) in [5, 5.41) is 2.65. The van der Waals surface area contributed by atoms with E-state index >= 15 is 0 Å². The summed E-state index contributed by atoms with van der Waals surface area (Å²) in [7, 11) is 4.09. The second-order valence-electron chi connectivity index (χ2n) is 6.20. The van der Waals surface area contributed by atoms with Gasteiger partial charge in [0.2, 0.25) is 0 Å². The number of ether oxygens (including phenoxy) is 1. The van der Waals surface area contributed by atoms with Crippen molar-refractivity contribution in [1.29, 1.82) is 0 Å². The first kappa shape index (κ1) is 14.4. The molecule has 21 heavy (non-hydrogen) atoms. The van der Waals surface area contributed by atoms with Crippen molar-refractivity contribution in [3.05, 3.63) is 42.0 Å². The first-order valence-electron chi connectivity index (χ1n) is 7.97. The zero-order valence-corrected chi connectivity index (χ0v) is 13.1. The molecular weight excluding hydrogens is 260 g/mol. The molecule has 0 aliphatic carbocycles. The smallest absolute Gasteiger partial charge is 0.128 e. The molecule has 0 amide bonds. The highest BCUT2D eigenvalue weighted by atomic mass is 16.5. The molecule has 1 saturated heterocycles. The van der Waals surface area contributed by atoms with Crippen LogP contribution in [-0.4, -0.2) is 40.3 Å². The average molecular weight is 286 g/mol. The molecule has 2 aromatic carbocycles. The fourth-order valence-electron chi connectivity index (χ4n) is 3.40. The summed E-state index contributed by atoms with van der Waals surface area (Å²) in [6.07, 6.45) is 1.31. The predicted octanol–water partition coefficient (Wildman–Crippen LogP) is 0.152. The van der Waals surface area contributed by atoms with Crippen LogP contribution in [-0.2, 0) is 6.54 Å². The number of rotatable bonds is 3. The van der Waals surface area contributed by atoms with Crippen molar-refractivity contribution in [2.75, 3.05) is 40.3 Å². The summed E-state index contributed by atoms with van der Waals surface area (Å²) < 4.78 is 5.63. The quantitative estimate of drug-likeness (QED) is 0.822. The van der Waals surface area contributed by atoms with Gasteiger partial charge in [-0.05, 0) is 16.8 Å². The molecule has 112 valence electrons. The number of nitrogens with one attached hydrogen (secondary N) is 2. The number of hydrogen-bond acceptors (Lipinski definition) is 1. The molecule has 2 unspecified atom stereocenters. The molecule has 2 N–H and O–H groups in total. The van der Waals surface area contributed by atoms with Crippen molar-refractivity contribution in [1.82, 2.24) is 0 Å². The second-order valence-corrected chi connectivity index (χ2v) is 6.20. The summed E-state index contributed by atoms with van der Waals surface area (Å²) >= 11 is 0. The molecule has 0 aromatic heterocycles. The van der Waals surface area contributed by atoms with Crippen LogP contribution in [0.1, 0.15) is 12.0 Å². The van der Waals surface area contributed by atoms with Crippen LogP contribution in [0.2, 0.25) is 0 Å². The van der Waals surface area contributed by atoms with Gasteiger partial charge in [-0.15, -0.1) is 0 Å². The van der Waals surface area contributed by atoms with Gasteiger partial charge in [-0.25, -0.2) is 0 Å². The van der Waals surface area contributed by atoms with Crippen LogP contribution in [0, 0.1) is 0 Å². The molecule has 0 bridgehead atoms. The molecular formula is C18H26N2O+2. The van der Waals surface area contributed by atoms with Crippen LogP contribution in [0.25, 0.3) is 10.8 Å². The Morgan fingerprint density at radius 2 is 1.86 bits per heavy atom. The molecule has 1 aliphatic rings. The van der Waals surface area contributed by atoms with Gasteiger partial charge in [-0.3, -0.25) is 0 Å². The minimum atomic E-state index is 1.03. The maximum atomic E-state index is 5.63. The molecule has 0 saturated carbocycles.